The first-order valence-electron chi connectivity index (χ1n) is 8.42. The van der Waals surface area contributed by atoms with Gasteiger partial charge in [0.15, 0.2) is 0 Å². The largest absolute Gasteiger partial charge is 0.473 e. The lowest BCUT2D eigenvalue weighted by Gasteiger charge is -2.19. The van der Waals surface area contributed by atoms with Crippen LogP contribution in [0, 0.1) is 0 Å². The van der Waals surface area contributed by atoms with Crippen LogP contribution in [0.15, 0.2) is 35.2 Å². The molecule has 1 aromatic carbocycles. The van der Waals surface area contributed by atoms with Crippen molar-refractivity contribution in [2.45, 2.75) is 52.9 Å². The highest BCUT2D eigenvalue weighted by Gasteiger charge is 2.19. The molecule has 0 aliphatic heterocycles. The molecule has 1 aromatic heterocycles. The van der Waals surface area contributed by atoms with Gasteiger partial charge in [0.1, 0.15) is 19.0 Å². The first-order valence-corrected chi connectivity index (χ1v) is 9.91. The highest BCUT2D eigenvalue weighted by Crippen LogP contribution is 2.25. The number of esters is 1. The predicted octanol–water partition coefficient (Wildman–Crippen LogP) is 3.73. The van der Waals surface area contributed by atoms with Gasteiger partial charge in [0.05, 0.1) is 4.90 Å². The number of nitrogens with one attached hydrogen (secondary N) is 1. The summed E-state index contributed by atoms with van der Waals surface area (Å²) < 4.78 is 39.2. The van der Waals surface area contributed by atoms with E-state index < -0.39 is 16.0 Å². The van der Waals surface area contributed by atoms with Crippen molar-refractivity contribution < 1.29 is 22.7 Å². The molecule has 2 aromatic rings. The van der Waals surface area contributed by atoms with Crippen LogP contribution in [0.4, 0.5) is 5.82 Å². The predicted molar refractivity (Wildman–Crippen MR) is 115 cm³/mol. The molecule has 0 spiro atoms. The van der Waals surface area contributed by atoms with Crippen LogP contribution < -0.4 is 9.46 Å². The van der Waals surface area contributed by atoms with E-state index in [-0.39, 0.29) is 50.1 Å². The van der Waals surface area contributed by atoms with Crippen molar-refractivity contribution in [2.75, 3.05) is 17.9 Å². The number of benzene rings is 1. The molecule has 0 fully saturated rings. The molecule has 1 heterocycles. The lowest BCUT2D eigenvalue weighted by Crippen LogP contribution is -2.16. The Morgan fingerprint density at radius 2 is 1.72 bits per heavy atom. The van der Waals surface area contributed by atoms with Crippen LogP contribution >= 0.6 is 0 Å². The van der Waals surface area contributed by atoms with Crippen LogP contribution in [-0.4, -0.2) is 37.4 Å². The van der Waals surface area contributed by atoms with Crippen LogP contribution in [0.2, 0.25) is 0 Å². The second-order valence-electron chi connectivity index (χ2n) is 7.06. The van der Waals surface area contributed by atoms with Gasteiger partial charge >= 0.3 is 5.97 Å². The summed E-state index contributed by atoms with van der Waals surface area (Å²) in [7, 11) is -2.16. The van der Waals surface area contributed by atoms with Crippen LogP contribution in [-0.2, 0) is 32.0 Å². The molecule has 0 aliphatic rings. The van der Waals surface area contributed by atoms with E-state index in [2.05, 4.69) is 30.6 Å². The van der Waals surface area contributed by atoms with Crippen LogP contribution in [0.5, 0.6) is 5.88 Å². The van der Waals surface area contributed by atoms with Crippen molar-refractivity contribution in [3.8, 4) is 5.88 Å². The number of anilines is 1. The van der Waals surface area contributed by atoms with Crippen molar-refractivity contribution in [3.63, 3.8) is 0 Å². The maximum atomic E-state index is 12.6. The Bertz CT molecular complexity index is 897. The van der Waals surface area contributed by atoms with E-state index >= 15 is 0 Å². The topological polar surface area (TPSA) is 99.5 Å². The van der Waals surface area contributed by atoms with Gasteiger partial charge in [-0.3, -0.25) is 9.52 Å². The smallest absolute Gasteiger partial charge is 0.302 e. The van der Waals surface area contributed by atoms with Gasteiger partial charge in [-0.05, 0) is 23.1 Å². The van der Waals surface area contributed by atoms with Gasteiger partial charge in [0.25, 0.3) is 10.0 Å². The molecule has 2 rings (SSSR count). The third kappa shape index (κ3) is 7.41. The average molecular weight is 428 g/mol. The first-order chi connectivity index (χ1) is 12.5. The van der Waals surface area contributed by atoms with Crippen molar-refractivity contribution >= 4 is 21.8 Å². The van der Waals surface area contributed by atoms with Gasteiger partial charge in [-0.25, -0.2) is 13.1 Å². The Labute approximate surface area is 174 Å². The first kappa shape index (κ1) is 26.4. The van der Waals surface area contributed by atoms with E-state index in [1.165, 1.54) is 17.7 Å². The second-order valence-corrected chi connectivity index (χ2v) is 8.74. The Hall–Kier alpha value is -2.55. The average Bonchev–Trinajstić information content (AvgIpc) is 2.90. The summed E-state index contributed by atoms with van der Waals surface area (Å²) in [5, 5.41) is 4.08. The number of carbonyl (C=O) groups is 1. The summed E-state index contributed by atoms with van der Waals surface area (Å²) >= 11 is 0. The summed E-state index contributed by atoms with van der Waals surface area (Å²) in [4.78, 5) is 10.9. The molecule has 0 amide bonds. The number of aryl methyl sites for hydroxylation is 1. The fraction of sp³-hybridized carbons (Fsp3) is 0.500. The number of hydrogen-bond acceptors (Lipinski definition) is 6. The fourth-order valence-corrected chi connectivity index (χ4v) is 3.35. The van der Waals surface area contributed by atoms with Gasteiger partial charge in [0, 0.05) is 20.0 Å². The normalized spacial score (nSPS) is 11.1. The Morgan fingerprint density at radius 3 is 2.24 bits per heavy atom. The fourth-order valence-electron chi connectivity index (χ4n) is 2.27. The summed E-state index contributed by atoms with van der Waals surface area (Å²) in [6.07, 6.45) is 0. The van der Waals surface area contributed by atoms with E-state index in [1.54, 1.807) is 31.3 Å². The summed E-state index contributed by atoms with van der Waals surface area (Å²) in [6, 6.07) is 8.24. The molecular formula is C20H33N3O5S. The lowest BCUT2D eigenvalue weighted by molar-refractivity contribution is -0.141. The number of hydrogen-bond donors (Lipinski definition) is 1. The van der Waals surface area contributed by atoms with Crippen molar-refractivity contribution in [1.29, 1.82) is 0 Å². The number of ether oxygens (including phenoxy) is 2. The molecule has 29 heavy (non-hydrogen) atoms. The van der Waals surface area contributed by atoms with Gasteiger partial charge in [-0.1, -0.05) is 47.8 Å². The molecule has 164 valence electrons. The summed E-state index contributed by atoms with van der Waals surface area (Å²) in [5.74, 6) is 0.0911. The molecule has 9 heteroatoms. The van der Waals surface area contributed by atoms with Crippen molar-refractivity contribution in [3.05, 3.63) is 35.9 Å². The monoisotopic (exact) mass is 427 g/mol. The van der Waals surface area contributed by atoms with E-state index in [0.717, 1.165) is 5.56 Å². The third-order valence-corrected chi connectivity index (χ3v) is 5.14. The molecule has 0 saturated heterocycles. The maximum Gasteiger partial charge on any atom is 0.302 e. The minimum absolute atomic E-state index is 0. The molecule has 0 atom stereocenters. The van der Waals surface area contributed by atoms with Gasteiger partial charge in [-0.2, -0.15) is 0 Å². The van der Waals surface area contributed by atoms with E-state index in [9.17, 15) is 13.2 Å². The van der Waals surface area contributed by atoms with E-state index in [0.29, 0.717) is 0 Å². The quantitative estimate of drug-likeness (QED) is 0.534. The van der Waals surface area contributed by atoms with Gasteiger partial charge in [-0.15, -0.1) is 5.10 Å². The van der Waals surface area contributed by atoms with Crippen LogP contribution in [0.1, 0.15) is 48.1 Å². The minimum Gasteiger partial charge on any atom is -0.473 e. The SMILES string of the molecule is C.C.CC(=O)OCCOc1cc(NS(=O)(=O)c2ccc(C(C)(C)C)cc2)n(C)n1. The zero-order valence-electron chi connectivity index (χ0n) is 16.1. The molecule has 8 nitrogen and oxygen atoms in total. The van der Waals surface area contributed by atoms with E-state index in [4.69, 9.17) is 9.47 Å². The molecular weight excluding hydrogens is 394 g/mol. The Morgan fingerprint density at radius 1 is 1.14 bits per heavy atom. The Kier molecular flexibility index (Phi) is 9.39. The minimum atomic E-state index is -3.76. The number of carbonyl (C=O) groups excluding carboxylic acids is 1. The zero-order valence-corrected chi connectivity index (χ0v) is 17.0. The molecule has 0 saturated carbocycles. The molecule has 0 unspecified atom stereocenters. The van der Waals surface area contributed by atoms with Crippen LogP contribution in [0.25, 0.3) is 0 Å². The van der Waals surface area contributed by atoms with Crippen molar-refractivity contribution in [2.24, 2.45) is 7.05 Å². The zero-order chi connectivity index (χ0) is 20.2. The van der Waals surface area contributed by atoms with Gasteiger partial charge in [0.2, 0.25) is 5.88 Å². The number of sulfonamides is 1. The number of nitrogens with zero attached hydrogens (tertiary/aromatic N) is 2. The number of aromatic nitrogens is 2. The molecule has 1 N–H and O–H groups in total. The van der Waals surface area contributed by atoms with Crippen LogP contribution in [0.3, 0.4) is 0 Å². The molecule has 0 aliphatic carbocycles. The third-order valence-electron chi connectivity index (χ3n) is 3.77. The lowest BCUT2D eigenvalue weighted by atomic mass is 9.87. The Balaban J connectivity index is 0.00000392. The summed E-state index contributed by atoms with van der Waals surface area (Å²) in [6.45, 7) is 7.71. The van der Waals surface area contributed by atoms with E-state index in [1.807, 2.05) is 0 Å². The van der Waals surface area contributed by atoms with Gasteiger partial charge < -0.3 is 9.47 Å². The molecule has 0 radical (unpaired) electrons. The maximum absolute atomic E-state index is 12.6. The highest BCUT2D eigenvalue weighted by atomic mass is 32.2. The number of rotatable bonds is 7. The highest BCUT2D eigenvalue weighted by molar-refractivity contribution is 7.92. The second kappa shape index (κ2) is 10.3. The molecule has 0 bridgehead atoms. The summed E-state index contributed by atoms with van der Waals surface area (Å²) in [5.41, 5.74) is 0.987. The standard InChI is InChI=1S/C18H25N3O5S.2CH4/c1-13(22)25-10-11-26-17-12-16(21(5)19-17)20-27(23,24)15-8-6-14(7-9-15)18(2,3)4;;/h6-9,12,20H,10-11H2,1-5H3;2*1H4. The van der Waals surface area contributed by atoms with Crippen molar-refractivity contribution in [1.82, 2.24) is 9.78 Å².